The molecule has 10 heteroatoms. The number of aromatic hydroxyl groups is 1. The van der Waals surface area contributed by atoms with Crippen LogP contribution in [0, 0.1) is 6.92 Å². The first-order chi connectivity index (χ1) is 11.8. The molecular formula is C15H15BN4O4S. The smallest absolute Gasteiger partial charge is 0.326 e. The Morgan fingerprint density at radius 1 is 1.40 bits per heavy atom. The molecular weight excluding hydrogens is 343 g/mol. The number of aromatic nitrogens is 1. The van der Waals surface area contributed by atoms with Crippen LogP contribution >= 0.6 is 0 Å². The van der Waals surface area contributed by atoms with Crippen molar-refractivity contribution < 1.29 is 18.3 Å². The van der Waals surface area contributed by atoms with Gasteiger partial charge in [0, 0.05) is 12.2 Å². The van der Waals surface area contributed by atoms with Crippen molar-refractivity contribution in [1.29, 1.82) is 0 Å². The molecule has 0 saturated carbocycles. The van der Waals surface area contributed by atoms with Gasteiger partial charge in [-0.25, -0.2) is 14.0 Å². The summed E-state index contributed by atoms with van der Waals surface area (Å²) in [5, 5.41) is 13.3. The van der Waals surface area contributed by atoms with Gasteiger partial charge >= 0.3 is 10.2 Å². The summed E-state index contributed by atoms with van der Waals surface area (Å²) in [6.07, 6.45) is 0. The van der Waals surface area contributed by atoms with E-state index in [2.05, 4.69) is 10.3 Å². The minimum absolute atomic E-state index is 0.0501. The Labute approximate surface area is 146 Å². The quantitative estimate of drug-likeness (QED) is 0.646. The van der Waals surface area contributed by atoms with Gasteiger partial charge in [0.1, 0.15) is 26.0 Å². The molecule has 1 amide bonds. The van der Waals surface area contributed by atoms with Gasteiger partial charge in [-0.3, -0.25) is 4.79 Å². The van der Waals surface area contributed by atoms with Crippen LogP contribution in [0.2, 0.25) is 0 Å². The summed E-state index contributed by atoms with van der Waals surface area (Å²) < 4.78 is 26.4. The summed E-state index contributed by atoms with van der Waals surface area (Å²) in [7, 11) is 1.87. The lowest BCUT2D eigenvalue weighted by molar-refractivity contribution is -0.117. The van der Waals surface area contributed by atoms with Crippen molar-refractivity contribution in [2.45, 2.75) is 13.5 Å². The van der Waals surface area contributed by atoms with Crippen molar-refractivity contribution in [2.75, 3.05) is 16.2 Å². The standard InChI is InChI=1S/C15H15BN4O4S/c1-9-3-2-4-13(18-9)17-7-10-5-11(16)15(12(21)6-10)20-8-14(22)19-25(20,23)24/h2-6,21H,7-8H2,1H3,(H,17,18)(H,19,22). The number of hydrogen-bond donors (Lipinski definition) is 3. The monoisotopic (exact) mass is 358 g/mol. The first-order valence-corrected chi connectivity index (χ1v) is 8.82. The number of nitrogens with zero attached hydrogens (tertiary/aromatic N) is 2. The normalized spacial score (nSPS) is 15.9. The van der Waals surface area contributed by atoms with E-state index < -0.39 is 22.7 Å². The average molecular weight is 358 g/mol. The van der Waals surface area contributed by atoms with Crippen LogP contribution in [0.4, 0.5) is 11.5 Å². The number of hydrogen-bond acceptors (Lipinski definition) is 6. The third-order valence-electron chi connectivity index (χ3n) is 3.61. The summed E-state index contributed by atoms with van der Waals surface area (Å²) in [5.74, 6) is -0.344. The average Bonchev–Trinajstić information content (AvgIpc) is 2.77. The molecule has 0 bridgehead atoms. The van der Waals surface area contributed by atoms with Crippen molar-refractivity contribution in [2.24, 2.45) is 0 Å². The molecule has 1 aliphatic rings. The molecule has 1 aromatic carbocycles. The second kappa shape index (κ2) is 6.28. The van der Waals surface area contributed by atoms with E-state index in [-0.39, 0.29) is 16.9 Å². The fourth-order valence-corrected chi connectivity index (χ4v) is 3.74. The van der Waals surface area contributed by atoms with E-state index in [0.717, 1.165) is 10.00 Å². The molecule has 25 heavy (non-hydrogen) atoms. The van der Waals surface area contributed by atoms with E-state index in [9.17, 15) is 18.3 Å². The van der Waals surface area contributed by atoms with Gasteiger partial charge in [0.25, 0.3) is 5.91 Å². The zero-order valence-electron chi connectivity index (χ0n) is 13.4. The maximum absolute atomic E-state index is 11.9. The SMILES string of the molecule is [B]c1cc(CNc2cccc(C)n2)cc(O)c1N1CC(=O)NS1(=O)=O. The number of phenols is 1. The number of phenolic OH excluding ortho intramolecular Hbond substituents is 1. The van der Waals surface area contributed by atoms with E-state index in [1.54, 1.807) is 6.07 Å². The maximum Gasteiger partial charge on any atom is 0.326 e. The highest BCUT2D eigenvalue weighted by molar-refractivity contribution is 7.92. The summed E-state index contributed by atoms with van der Waals surface area (Å²) in [4.78, 5) is 15.7. The highest BCUT2D eigenvalue weighted by Crippen LogP contribution is 2.29. The van der Waals surface area contributed by atoms with Crippen LogP contribution in [0.25, 0.3) is 0 Å². The Kier molecular flexibility index (Phi) is 4.29. The number of anilines is 2. The van der Waals surface area contributed by atoms with Gasteiger partial charge in [-0.1, -0.05) is 17.6 Å². The Balaban J connectivity index is 1.84. The summed E-state index contributed by atoms with van der Waals surface area (Å²) >= 11 is 0. The van der Waals surface area contributed by atoms with Crippen LogP contribution in [-0.2, 0) is 21.5 Å². The van der Waals surface area contributed by atoms with Crippen molar-refractivity contribution >= 4 is 40.9 Å². The number of rotatable bonds is 4. The van der Waals surface area contributed by atoms with Crippen LogP contribution in [0.15, 0.2) is 30.3 Å². The molecule has 0 atom stereocenters. The highest BCUT2D eigenvalue weighted by Gasteiger charge is 2.36. The molecule has 1 aliphatic heterocycles. The molecule has 1 aromatic heterocycles. The zero-order valence-corrected chi connectivity index (χ0v) is 14.2. The van der Waals surface area contributed by atoms with Crippen LogP contribution < -0.4 is 19.8 Å². The van der Waals surface area contributed by atoms with Crippen molar-refractivity contribution in [3.63, 3.8) is 0 Å². The fraction of sp³-hybridized carbons (Fsp3) is 0.200. The molecule has 3 rings (SSSR count). The van der Waals surface area contributed by atoms with E-state index in [1.807, 2.05) is 23.8 Å². The molecule has 0 spiro atoms. The predicted octanol–water partition coefficient (Wildman–Crippen LogP) is -0.317. The maximum atomic E-state index is 11.9. The van der Waals surface area contributed by atoms with Crippen LogP contribution in [0.1, 0.15) is 11.3 Å². The summed E-state index contributed by atoms with van der Waals surface area (Å²) in [6, 6.07) is 8.47. The van der Waals surface area contributed by atoms with Gasteiger partial charge in [0.15, 0.2) is 0 Å². The molecule has 128 valence electrons. The molecule has 2 radical (unpaired) electrons. The van der Waals surface area contributed by atoms with Gasteiger partial charge in [-0.15, -0.1) is 0 Å². The number of carbonyl (C=O) groups excluding carboxylic acids is 1. The minimum atomic E-state index is -4.04. The van der Waals surface area contributed by atoms with Gasteiger partial charge in [0.05, 0.1) is 5.69 Å². The number of pyridine rings is 1. The van der Waals surface area contributed by atoms with E-state index in [1.165, 1.54) is 12.1 Å². The van der Waals surface area contributed by atoms with Crippen LogP contribution in [0.5, 0.6) is 5.75 Å². The molecule has 1 saturated heterocycles. The van der Waals surface area contributed by atoms with Crippen molar-refractivity contribution in [3.05, 3.63) is 41.6 Å². The van der Waals surface area contributed by atoms with E-state index >= 15 is 0 Å². The minimum Gasteiger partial charge on any atom is -0.506 e. The van der Waals surface area contributed by atoms with Gasteiger partial charge in [-0.05, 0) is 30.7 Å². The Bertz CT molecular complexity index is 925. The predicted molar refractivity (Wildman–Crippen MR) is 94.2 cm³/mol. The second-order valence-corrected chi connectivity index (χ2v) is 7.20. The number of aryl methyl sites for hydroxylation is 1. The Morgan fingerprint density at radius 2 is 2.16 bits per heavy atom. The van der Waals surface area contributed by atoms with E-state index in [4.69, 9.17) is 7.85 Å². The molecule has 0 aliphatic carbocycles. The zero-order chi connectivity index (χ0) is 18.2. The molecule has 0 unspecified atom stereocenters. The van der Waals surface area contributed by atoms with Gasteiger partial charge in [0.2, 0.25) is 0 Å². The lowest BCUT2D eigenvalue weighted by atomic mass is 9.91. The Hall–Kier alpha value is -2.75. The second-order valence-electron chi connectivity index (χ2n) is 5.61. The third kappa shape index (κ3) is 3.53. The van der Waals surface area contributed by atoms with Crippen LogP contribution in [0.3, 0.4) is 0 Å². The topological polar surface area (TPSA) is 112 Å². The van der Waals surface area contributed by atoms with Gasteiger partial charge in [-0.2, -0.15) is 8.42 Å². The molecule has 1 fully saturated rings. The lowest BCUT2D eigenvalue weighted by Crippen LogP contribution is -2.33. The lowest BCUT2D eigenvalue weighted by Gasteiger charge is -2.20. The van der Waals surface area contributed by atoms with Crippen molar-refractivity contribution in [1.82, 2.24) is 9.71 Å². The number of nitrogens with one attached hydrogen (secondary N) is 2. The van der Waals surface area contributed by atoms with E-state index in [0.29, 0.717) is 17.9 Å². The van der Waals surface area contributed by atoms with Crippen LogP contribution in [-0.4, -0.2) is 38.8 Å². The molecule has 8 nitrogen and oxygen atoms in total. The molecule has 2 heterocycles. The first kappa shape index (κ1) is 17.1. The Morgan fingerprint density at radius 3 is 2.76 bits per heavy atom. The number of amides is 1. The fourth-order valence-electron chi connectivity index (χ4n) is 2.56. The largest absolute Gasteiger partial charge is 0.506 e. The van der Waals surface area contributed by atoms with Gasteiger partial charge < -0.3 is 10.4 Å². The number of carbonyl (C=O) groups is 1. The first-order valence-electron chi connectivity index (χ1n) is 7.38. The molecule has 2 aromatic rings. The number of benzene rings is 1. The summed E-state index contributed by atoms with van der Waals surface area (Å²) in [6.45, 7) is 1.78. The third-order valence-corrected chi connectivity index (χ3v) is 4.99. The molecule has 3 N–H and O–H groups in total. The summed E-state index contributed by atoms with van der Waals surface area (Å²) in [5.41, 5.74) is 1.43. The highest BCUT2D eigenvalue weighted by atomic mass is 32.2. The van der Waals surface area contributed by atoms with Crippen molar-refractivity contribution in [3.8, 4) is 5.75 Å².